The Hall–Kier alpha value is -3.27. The summed E-state index contributed by atoms with van der Waals surface area (Å²) < 4.78 is 27.8. The van der Waals surface area contributed by atoms with E-state index in [2.05, 4.69) is 5.32 Å². The molecule has 10 heteroatoms. The molecule has 0 aromatic heterocycles. The average molecular weight is 472 g/mol. The van der Waals surface area contributed by atoms with Crippen molar-refractivity contribution in [3.05, 3.63) is 98.6 Å². The molecule has 8 nitrogen and oxygen atoms in total. The van der Waals surface area contributed by atoms with E-state index in [9.17, 15) is 23.3 Å². The monoisotopic (exact) mass is 471 g/mol. The van der Waals surface area contributed by atoms with Crippen LogP contribution in [0.3, 0.4) is 0 Å². The summed E-state index contributed by atoms with van der Waals surface area (Å²) in [5, 5.41) is 13.4. The van der Waals surface area contributed by atoms with Gasteiger partial charge in [0.15, 0.2) is 0 Å². The first-order valence-electron chi connectivity index (χ1n) is 9.68. The van der Waals surface area contributed by atoms with Crippen LogP contribution in [-0.4, -0.2) is 30.1 Å². The molecule has 0 bridgehead atoms. The van der Waals surface area contributed by atoms with Crippen LogP contribution in [0, 0.1) is 10.1 Å². The Balaban J connectivity index is 1.58. The number of fused-ring (bicyclic) bond motifs is 1. The lowest BCUT2D eigenvalue weighted by molar-refractivity contribution is -0.384. The molecule has 1 aliphatic heterocycles. The number of carbonyl (C=O) groups is 1. The molecule has 1 N–H and O–H groups in total. The van der Waals surface area contributed by atoms with Gasteiger partial charge in [-0.1, -0.05) is 35.9 Å². The number of carbonyl (C=O) groups excluding carboxylic acids is 1. The number of benzene rings is 3. The summed E-state index contributed by atoms with van der Waals surface area (Å²) in [7, 11) is -3.85. The van der Waals surface area contributed by atoms with Gasteiger partial charge in [-0.25, -0.2) is 8.42 Å². The van der Waals surface area contributed by atoms with E-state index in [1.165, 1.54) is 46.8 Å². The van der Waals surface area contributed by atoms with Gasteiger partial charge in [-0.2, -0.15) is 4.31 Å². The summed E-state index contributed by atoms with van der Waals surface area (Å²) in [4.78, 5) is 22.9. The number of hydrogen-bond acceptors (Lipinski definition) is 5. The van der Waals surface area contributed by atoms with Gasteiger partial charge in [0.2, 0.25) is 10.0 Å². The highest BCUT2D eigenvalue weighted by Gasteiger charge is 2.29. The van der Waals surface area contributed by atoms with Gasteiger partial charge in [-0.05, 0) is 47.9 Å². The van der Waals surface area contributed by atoms with Gasteiger partial charge >= 0.3 is 0 Å². The van der Waals surface area contributed by atoms with Crippen molar-refractivity contribution < 1.29 is 18.1 Å². The first kappa shape index (κ1) is 21.9. The quantitative estimate of drug-likeness (QED) is 0.442. The van der Waals surface area contributed by atoms with Gasteiger partial charge in [-0.3, -0.25) is 14.9 Å². The molecule has 4 rings (SSSR count). The number of sulfonamides is 1. The molecule has 0 atom stereocenters. The van der Waals surface area contributed by atoms with Crippen molar-refractivity contribution in [3.63, 3.8) is 0 Å². The Bertz CT molecular complexity index is 1310. The number of hydrogen-bond donors (Lipinski definition) is 1. The zero-order chi connectivity index (χ0) is 22.9. The van der Waals surface area contributed by atoms with Crippen LogP contribution in [0.5, 0.6) is 0 Å². The Morgan fingerprint density at radius 2 is 1.72 bits per heavy atom. The van der Waals surface area contributed by atoms with E-state index < -0.39 is 20.9 Å². The predicted octanol–water partition coefficient (Wildman–Crippen LogP) is 4.25. The lowest BCUT2D eigenvalue weighted by Gasteiger charge is -2.28. The number of halogens is 1. The lowest BCUT2D eigenvalue weighted by Crippen LogP contribution is -2.36. The molecule has 0 spiro atoms. The first-order chi connectivity index (χ1) is 15.3. The lowest BCUT2D eigenvalue weighted by atomic mass is 10.0. The third-order valence-corrected chi connectivity index (χ3v) is 7.42. The summed E-state index contributed by atoms with van der Waals surface area (Å²) in [5.41, 5.74) is 2.27. The smallest absolute Gasteiger partial charge is 0.269 e. The van der Waals surface area contributed by atoms with Crippen LogP contribution in [0.4, 0.5) is 11.4 Å². The summed E-state index contributed by atoms with van der Waals surface area (Å²) in [6.45, 7) is 0.595. The molecule has 0 unspecified atom stereocenters. The molecule has 0 radical (unpaired) electrons. The van der Waals surface area contributed by atoms with Crippen molar-refractivity contribution in [2.45, 2.75) is 17.9 Å². The fraction of sp³-hybridized carbons (Fsp3) is 0.136. The van der Waals surface area contributed by atoms with E-state index in [0.29, 0.717) is 18.7 Å². The topological polar surface area (TPSA) is 110 Å². The minimum atomic E-state index is -3.85. The maximum atomic E-state index is 13.2. The number of nitrogens with zero attached hydrogens (tertiary/aromatic N) is 2. The van der Waals surface area contributed by atoms with Crippen LogP contribution in [0.2, 0.25) is 5.02 Å². The van der Waals surface area contributed by atoms with Crippen molar-refractivity contribution >= 4 is 38.9 Å². The summed E-state index contributed by atoms with van der Waals surface area (Å²) in [6, 6.07) is 17.0. The van der Waals surface area contributed by atoms with Crippen LogP contribution in [0.1, 0.15) is 21.5 Å². The number of amides is 1. The van der Waals surface area contributed by atoms with Crippen LogP contribution in [0.15, 0.2) is 71.6 Å². The van der Waals surface area contributed by atoms with E-state index in [1.54, 1.807) is 0 Å². The molecule has 3 aromatic carbocycles. The second kappa shape index (κ2) is 8.70. The molecule has 1 heterocycles. The van der Waals surface area contributed by atoms with Crippen molar-refractivity contribution in [1.29, 1.82) is 0 Å². The Morgan fingerprint density at radius 3 is 2.41 bits per heavy atom. The van der Waals surface area contributed by atoms with Crippen molar-refractivity contribution in [2.24, 2.45) is 0 Å². The molecule has 1 amide bonds. The van der Waals surface area contributed by atoms with E-state index in [0.717, 1.165) is 11.1 Å². The van der Waals surface area contributed by atoms with E-state index in [-0.39, 0.29) is 27.7 Å². The van der Waals surface area contributed by atoms with Gasteiger partial charge < -0.3 is 5.32 Å². The van der Waals surface area contributed by atoms with Crippen molar-refractivity contribution in [1.82, 2.24) is 4.31 Å². The second-order valence-corrected chi connectivity index (χ2v) is 9.60. The highest BCUT2D eigenvalue weighted by atomic mass is 35.5. The number of nitro groups is 1. The fourth-order valence-electron chi connectivity index (χ4n) is 3.53. The minimum Gasteiger partial charge on any atom is -0.322 e. The molecular formula is C22H18ClN3O5S. The summed E-state index contributed by atoms with van der Waals surface area (Å²) in [6.07, 6.45) is 0.608. The average Bonchev–Trinajstić information content (AvgIpc) is 2.79. The zero-order valence-electron chi connectivity index (χ0n) is 16.7. The standard InChI is InChI=1S/C22H18ClN3O5S/c23-21-10-9-19(32(30,31)25-12-11-15-3-1-2-4-16(15)14-25)13-20(21)22(27)24-17-5-7-18(8-6-17)26(28)29/h1-10,13H,11-12,14H2,(H,24,27). The zero-order valence-corrected chi connectivity index (χ0v) is 18.3. The Morgan fingerprint density at radius 1 is 1.03 bits per heavy atom. The fourth-order valence-corrected chi connectivity index (χ4v) is 5.18. The van der Waals surface area contributed by atoms with Crippen molar-refractivity contribution in [2.75, 3.05) is 11.9 Å². The number of anilines is 1. The molecule has 164 valence electrons. The van der Waals surface area contributed by atoms with Gasteiger partial charge in [0, 0.05) is 30.9 Å². The summed E-state index contributed by atoms with van der Waals surface area (Å²) in [5.74, 6) is -0.620. The van der Waals surface area contributed by atoms with Crippen LogP contribution in [0.25, 0.3) is 0 Å². The molecule has 1 aliphatic rings. The number of rotatable bonds is 5. The Kier molecular flexibility index (Phi) is 5.96. The van der Waals surface area contributed by atoms with Crippen LogP contribution in [-0.2, 0) is 23.0 Å². The molecule has 0 saturated heterocycles. The molecule has 0 saturated carbocycles. The van der Waals surface area contributed by atoms with Gasteiger partial charge in [0.1, 0.15) is 0 Å². The van der Waals surface area contributed by atoms with E-state index >= 15 is 0 Å². The molecule has 0 fully saturated rings. The highest BCUT2D eigenvalue weighted by molar-refractivity contribution is 7.89. The molecule has 32 heavy (non-hydrogen) atoms. The normalized spacial score (nSPS) is 13.9. The summed E-state index contributed by atoms with van der Waals surface area (Å²) >= 11 is 6.17. The number of non-ortho nitro benzene ring substituents is 1. The minimum absolute atomic E-state index is 0.0106. The van der Waals surface area contributed by atoms with Crippen LogP contribution >= 0.6 is 11.6 Å². The van der Waals surface area contributed by atoms with E-state index in [1.807, 2.05) is 24.3 Å². The molecular weight excluding hydrogens is 454 g/mol. The van der Waals surface area contributed by atoms with Gasteiger partial charge in [0.05, 0.1) is 20.4 Å². The first-order valence-corrected chi connectivity index (χ1v) is 11.5. The third-order valence-electron chi connectivity index (χ3n) is 5.25. The van der Waals surface area contributed by atoms with Gasteiger partial charge in [0.25, 0.3) is 11.6 Å². The number of nitro benzene ring substituents is 1. The van der Waals surface area contributed by atoms with E-state index in [4.69, 9.17) is 11.6 Å². The number of nitrogens with one attached hydrogen (secondary N) is 1. The molecule has 3 aromatic rings. The molecule has 0 aliphatic carbocycles. The van der Waals surface area contributed by atoms with Crippen molar-refractivity contribution in [3.8, 4) is 0 Å². The third kappa shape index (κ3) is 4.36. The van der Waals surface area contributed by atoms with Crippen LogP contribution < -0.4 is 5.32 Å². The maximum absolute atomic E-state index is 13.2. The highest BCUT2D eigenvalue weighted by Crippen LogP contribution is 2.28. The maximum Gasteiger partial charge on any atom is 0.269 e. The SMILES string of the molecule is O=C(Nc1ccc([N+](=O)[O-])cc1)c1cc(S(=O)(=O)N2CCc3ccccc3C2)ccc1Cl. The van der Waals surface area contributed by atoms with Gasteiger partial charge in [-0.15, -0.1) is 0 Å². The second-order valence-electron chi connectivity index (χ2n) is 7.26. The Labute approximate surface area is 189 Å². The largest absolute Gasteiger partial charge is 0.322 e. The predicted molar refractivity (Wildman–Crippen MR) is 120 cm³/mol.